The van der Waals surface area contributed by atoms with Gasteiger partial charge in [0.15, 0.2) is 5.13 Å². The number of nitro benzene ring substituents is 2. The second kappa shape index (κ2) is 7.53. The SMILES string of the molecule is Cc1sc(NC(=O)c2cc([N+](=O)[O-])c(C)c([N+](=O)[O-])c2)nc1-c1ccccc1. The van der Waals surface area contributed by atoms with Gasteiger partial charge >= 0.3 is 0 Å². The number of aryl methyl sites for hydroxylation is 1. The maximum atomic E-state index is 12.5. The molecule has 0 spiro atoms. The van der Waals surface area contributed by atoms with Gasteiger partial charge in [-0.05, 0) is 13.8 Å². The van der Waals surface area contributed by atoms with Crippen molar-refractivity contribution in [3.8, 4) is 11.3 Å². The highest BCUT2D eigenvalue weighted by Gasteiger charge is 2.25. The van der Waals surface area contributed by atoms with Crippen molar-refractivity contribution in [1.82, 2.24) is 4.98 Å². The molecular formula is C18H14N4O5S. The normalized spacial score (nSPS) is 10.5. The first kappa shape index (κ1) is 19.1. The lowest BCUT2D eigenvalue weighted by atomic mass is 10.1. The average molecular weight is 398 g/mol. The summed E-state index contributed by atoms with van der Waals surface area (Å²) in [6, 6.07) is 11.5. The summed E-state index contributed by atoms with van der Waals surface area (Å²) in [7, 11) is 0. The minimum Gasteiger partial charge on any atom is -0.298 e. The van der Waals surface area contributed by atoms with Gasteiger partial charge in [-0.25, -0.2) is 4.98 Å². The number of carbonyl (C=O) groups is 1. The summed E-state index contributed by atoms with van der Waals surface area (Å²) >= 11 is 1.25. The number of benzene rings is 2. The van der Waals surface area contributed by atoms with E-state index in [1.165, 1.54) is 18.3 Å². The third-order valence-corrected chi connectivity index (χ3v) is 4.96. The Balaban J connectivity index is 1.94. The highest BCUT2D eigenvalue weighted by atomic mass is 32.1. The molecule has 1 amide bonds. The van der Waals surface area contributed by atoms with E-state index in [4.69, 9.17) is 0 Å². The van der Waals surface area contributed by atoms with Crippen LogP contribution in [0.25, 0.3) is 11.3 Å². The van der Waals surface area contributed by atoms with E-state index in [0.717, 1.165) is 22.6 Å². The third-order valence-electron chi connectivity index (χ3n) is 4.07. The van der Waals surface area contributed by atoms with Crippen LogP contribution in [0.3, 0.4) is 0 Å². The van der Waals surface area contributed by atoms with Crippen LogP contribution in [-0.2, 0) is 0 Å². The molecule has 0 saturated carbocycles. The van der Waals surface area contributed by atoms with Crippen LogP contribution >= 0.6 is 11.3 Å². The molecule has 0 aliphatic rings. The summed E-state index contributed by atoms with van der Waals surface area (Å²) in [5.74, 6) is -0.709. The van der Waals surface area contributed by atoms with Gasteiger partial charge in [0, 0.05) is 22.6 Å². The largest absolute Gasteiger partial charge is 0.298 e. The zero-order chi connectivity index (χ0) is 20.4. The Morgan fingerprint density at radius 1 is 1.04 bits per heavy atom. The van der Waals surface area contributed by atoms with Crippen molar-refractivity contribution in [2.24, 2.45) is 0 Å². The second-order valence-corrected chi connectivity index (χ2v) is 7.10. The van der Waals surface area contributed by atoms with Crippen LogP contribution in [0, 0.1) is 34.1 Å². The van der Waals surface area contributed by atoms with Crippen LogP contribution < -0.4 is 5.32 Å². The minimum atomic E-state index is -0.750. The summed E-state index contributed by atoms with van der Waals surface area (Å²) in [5.41, 5.74) is 0.334. The molecule has 0 aliphatic heterocycles. The molecule has 1 N–H and O–H groups in total. The third kappa shape index (κ3) is 3.71. The lowest BCUT2D eigenvalue weighted by molar-refractivity contribution is -0.395. The van der Waals surface area contributed by atoms with Crippen LogP contribution in [0.5, 0.6) is 0 Å². The predicted octanol–water partition coefficient (Wildman–Crippen LogP) is 4.50. The van der Waals surface area contributed by atoms with Crippen LogP contribution in [0.15, 0.2) is 42.5 Å². The summed E-state index contributed by atoms with van der Waals surface area (Å²) in [6.45, 7) is 3.13. The van der Waals surface area contributed by atoms with Crippen molar-refractivity contribution in [3.05, 3.63) is 78.7 Å². The zero-order valence-electron chi connectivity index (χ0n) is 14.8. The van der Waals surface area contributed by atoms with Crippen LogP contribution in [0.2, 0.25) is 0 Å². The van der Waals surface area contributed by atoms with E-state index in [2.05, 4.69) is 10.3 Å². The molecular weight excluding hydrogens is 384 g/mol. The number of aromatic nitrogens is 1. The number of carbonyl (C=O) groups excluding carboxylic acids is 1. The van der Waals surface area contributed by atoms with Gasteiger partial charge in [-0.15, -0.1) is 11.3 Å². The zero-order valence-corrected chi connectivity index (χ0v) is 15.6. The van der Waals surface area contributed by atoms with Crippen LogP contribution in [0.4, 0.5) is 16.5 Å². The molecule has 9 nitrogen and oxygen atoms in total. The number of nitrogens with one attached hydrogen (secondary N) is 1. The van der Waals surface area contributed by atoms with E-state index >= 15 is 0 Å². The van der Waals surface area contributed by atoms with Gasteiger partial charge in [-0.1, -0.05) is 30.3 Å². The fraction of sp³-hybridized carbons (Fsp3) is 0.111. The minimum absolute atomic E-state index is 0.108. The van der Waals surface area contributed by atoms with Crippen molar-refractivity contribution in [3.63, 3.8) is 0 Å². The quantitative estimate of drug-likeness (QED) is 0.498. The summed E-state index contributed by atoms with van der Waals surface area (Å²) in [4.78, 5) is 38.7. The Morgan fingerprint density at radius 3 is 2.14 bits per heavy atom. The number of hydrogen-bond acceptors (Lipinski definition) is 7. The molecule has 1 heterocycles. The van der Waals surface area contributed by atoms with E-state index in [0.29, 0.717) is 10.8 Å². The van der Waals surface area contributed by atoms with E-state index < -0.39 is 27.1 Å². The Labute approximate surface area is 163 Å². The topological polar surface area (TPSA) is 128 Å². The van der Waals surface area contributed by atoms with E-state index in [-0.39, 0.29) is 11.1 Å². The maximum absolute atomic E-state index is 12.5. The number of rotatable bonds is 5. The van der Waals surface area contributed by atoms with Crippen molar-refractivity contribution in [2.75, 3.05) is 5.32 Å². The smallest absolute Gasteiger partial charge is 0.279 e. The molecule has 2 aromatic carbocycles. The summed E-state index contributed by atoms with van der Waals surface area (Å²) in [5, 5.41) is 25.2. The summed E-state index contributed by atoms with van der Waals surface area (Å²) < 4.78 is 0. The standard InChI is InChI=1S/C18H14N4O5S/c1-10-14(21(24)25)8-13(9-15(10)22(26)27)17(23)20-18-19-16(11(2)28-18)12-6-4-3-5-7-12/h3-9H,1-2H3,(H,19,20,23). The summed E-state index contributed by atoms with van der Waals surface area (Å²) in [6.07, 6.45) is 0. The second-order valence-electron chi connectivity index (χ2n) is 5.90. The molecule has 10 heteroatoms. The van der Waals surface area contributed by atoms with Crippen LogP contribution in [-0.4, -0.2) is 20.7 Å². The molecule has 0 unspecified atom stereocenters. The molecule has 0 radical (unpaired) electrons. The van der Waals surface area contributed by atoms with Gasteiger partial charge < -0.3 is 0 Å². The van der Waals surface area contributed by atoms with Gasteiger partial charge in [0.25, 0.3) is 17.3 Å². The van der Waals surface area contributed by atoms with Gasteiger partial charge in [0.1, 0.15) is 5.56 Å². The number of thiazole rings is 1. The van der Waals surface area contributed by atoms with Gasteiger partial charge in [-0.2, -0.15) is 0 Å². The monoisotopic (exact) mass is 398 g/mol. The molecule has 1 aromatic heterocycles. The first-order chi connectivity index (χ1) is 13.3. The molecule has 142 valence electrons. The first-order valence-corrected chi connectivity index (χ1v) is 8.87. The Morgan fingerprint density at radius 2 is 1.61 bits per heavy atom. The number of amides is 1. The van der Waals surface area contributed by atoms with Crippen molar-refractivity contribution < 1.29 is 14.6 Å². The lowest BCUT2D eigenvalue weighted by Crippen LogP contribution is -2.13. The molecule has 0 saturated heterocycles. The molecule has 0 aliphatic carbocycles. The molecule has 0 atom stereocenters. The Kier molecular flexibility index (Phi) is 5.14. The van der Waals surface area contributed by atoms with E-state index in [9.17, 15) is 25.0 Å². The van der Waals surface area contributed by atoms with Gasteiger partial charge in [0.05, 0.1) is 21.1 Å². The number of nitro groups is 2. The number of anilines is 1. The number of nitrogens with zero attached hydrogens (tertiary/aromatic N) is 3. The number of hydrogen-bond donors (Lipinski definition) is 1. The lowest BCUT2D eigenvalue weighted by Gasteiger charge is -2.04. The highest BCUT2D eigenvalue weighted by Crippen LogP contribution is 2.32. The maximum Gasteiger partial charge on any atom is 0.279 e. The van der Waals surface area contributed by atoms with Crippen molar-refractivity contribution in [1.29, 1.82) is 0 Å². The Hall–Kier alpha value is -3.66. The fourth-order valence-corrected chi connectivity index (χ4v) is 3.51. The first-order valence-electron chi connectivity index (χ1n) is 8.05. The molecule has 28 heavy (non-hydrogen) atoms. The van der Waals surface area contributed by atoms with Gasteiger partial charge in [0.2, 0.25) is 0 Å². The fourth-order valence-electron chi connectivity index (χ4n) is 2.68. The average Bonchev–Trinajstić information content (AvgIpc) is 3.02. The van der Waals surface area contributed by atoms with Crippen LogP contribution in [0.1, 0.15) is 20.8 Å². The molecule has 3 rings (SSSR count). The predicted molar refractivity (Wildman–Crippen MR) is 105 cm³/mol. The molecule has 3 aromatic rings. The molecule has 0 bridgehead atoms. The highest BCUT2D eigenvalue weighted by molar-refractivity contribution is 7.16. The van der Waals surface area contributed by atoms with Gasteiger partial charge in [-0.3, -0.25) is 30.3 Å². The Bertz CT molecular complexity index is 1060. The van der Waals surface area contributed by atoms with E-state index in [1.54, 1.807) is 0 Å². The van der Waals surface area contributed by atoms with Crippen molar-refractivity contribution >= 4 is 33.8 Å². The molecule has 0 fully saturated rings. The van der Waals surface area contributed by atoms with Crippen molar-refractivity contribution in [2.45, 2.75) is 13.8 Å². The van der Waals surface area contributed by atoms with E-state index in [1.807, 2.05) is 37.3 Å².